The van der Waals surface area contributed by atoms with E-state index in [1.165, 1.54) is 46.2 Å². The second-order valence-corrected chi connectivity index (χ2v) is 10.4. The molecule has 0 radical (unpaired) electrons. The SMILES string of the molecule is C=CN(/C=C\C(C)CC)c1c(O)cc(NC(=O)c2ccc(Cc3ccc(C)c(/C(C)=C(/C)CC)c3)cc2)cc1O. The number of hydrogen-bond donors (Lipinski definition) is 3. The van der Waals surface area contributed by atoms with Crippen LogP contribution in [0.3, 0.4) is 0 Å². The molecule has 40 heavy (non-hydrogen) atoms. The Balaban J connectivity index is 1.73. The number of amides is 1. The Morgan fingerprint density at radius 2 is 1.62 bits per heavy atom. The lowest BCUT2D eigenvalue weighted by molar-refractivity contribution is 0.102. The van der Waals surface area contributed by atoms with E-state index in [9.17, 15) is 15.0 Å². The van der Waals surface area contributed by atoms with Crippen molar-refractivity contribution in [3.05, 3.63) is 113 Å². The summed E-state index contributed by atoms with van der Waals surface area (Å²) < 4.78 is 0. The molecule has 0 aromatic heterocycles. The maximum absolute atomic E-state index is 12.9. The zero-order valence-electron chi connectivity index (χ0n) is 24.6. The molecule has 0 saturated heterocycles. The Kier molecular flexibility index (Phi) is 10.4. The van der Waals surface area contributed by atoms with Gasteiger partial charge in [-0.1, -0.05) is 75.8 Å². The van der Waals surface area contributed by atoms with Crippen LogP contribution in [0.15, 0.2) is 85.2 Å². The van der Waals surface area contributed by atoms with Crippen LogP contribution in [0.4, 0.5) is 11.4 Å². The van der Waals surface area contributed by atoms with Gasteiger partial charge in [0.1, 0.15) is 17.2 Å². The number of hydrogen-bond acceptors (Lipinski definition) is 4. The Morgan fingerprint density at radius 3 is 2.20 bits per heavy atom. The molecule has 210 valence electrons. The first-order valence-electron chi connectivity index (χ1n) is 13.9. The summed E-state index contributed by atoms with van der Waals surface area (Å²) in [7, 11) is 0. The van der Waals surface area contributed by atoms with Crippen molar-refractivity contribution in [1.29, 1.82) is 0 Å². The average Bonchev–Trinajstić information content (AvgIpc) is 2.94. The van der Waals surface area contributed by atoms with Crippen LogP contribution in [0.1, 0.15) is 80.1 Å². The third kappa shape index (κ3) is 7.44. The number of aryl methyl sites for hydroxylation is 1. The van der Waals surface area contributed by atoms with Gasteiger partial charge in [0.2, 0.25) is 0 Å². The molecule has 3 rings (SSSR count). The van der Waals surface area contributed by atoms with Crippen molar-refractivity contribution in [3.63, 3.8) is 0 Å². The molecule has 1 atom stereocenters. The Labute approximate surface area is 239 Å². The van der Waals surface area contributed by atoms with E-state index in [4.69, 9.17) is 0 Å². The van der Waals surface area contributed by atoms with Gasteiger partial charge in [-0.05, 0) is 79.5 Å². The summed E-state index contributed by atoms with van der Waals surface area (Å²) in [6.45, 7) is 16.6. The van der Waals surface area contributed by atoms with E-state index < -0.39 is 0 Å². The van der Waals surface area contributed by atoms with Crippen molar-refractivity contribution < 1.29 is 15.0 Å². The Bertz CT molecular complexity index is 1390. The molecular formula is C35H42N2O3. The lowest BCUT2D eigenvalue weighted by Gasteiger charge is -2.20. The van der Waals surface area contributed by atoms with Crippen LogP contribution < -0.4 is 10.2 Å². The van der Waals surface area contributed by atoms with E-state index in [1.54, 1.807) is 23.2 Å². The molecule has 0 fully saturated rings. The molecule has 3 aromatic carbocycles. The Hall–Kier alpha value is -4.25. The van der Waals surface area contributed by atoms with Crippen molar-refractivity contribution in [2.24, 2.45) is 5.92 Å². The second kappa shape index (κ2) is 13.7. The lowest BCUT2D eigenvalue weighted by atomic mass is 9.93. The Morgan fingerprint density at radius 1 is 1.00 bits per heavy atom. The maximum atomic E-state index is 12.9. The van der Waals surface area contributed by atoms with Gasteiger partial charge in [0.15, 0.2) is 0 Å². The molecule has 3 N–H and O–H groups in total. The van der Waals surface area contributed by atoms with E-state index in [-0.39, 0.29) is 23.1 Å². The van der Waals surface area contributed by atoms with E-state index in [1.807, 2.05) is 18.2 Å². The summed E-state index contributed by atoms with van der Waals surface area (Å²) in [5.41, 5.74) is 8.58. The molecule has 0 bridgehead atoms. The minimum atomic E-state index is -0.330. The van der Waals surface area contributed by atoms with Crippen LogP contribution >= 0.6 is 0 Å². The number of phenolic OH excluding ortho intramolecular Hbond substituents is 2. The first kappa shape index (κ1) is 30.3. The van der Waals surface area contributed by atoms with Crippen LogP contribution in [0, 0.1) is 12.8 Å². The summed E-state index contributed by atoms with van der Waals surface area (Å²) in [6.07, 6.45) is 8.01. The fourth-order valence-corrected chi connectivity index (χ4v) is 4.43. The van der Waals surface area contributed by atoms with Gasteiger partial charge < -0.3 is 20.4 Å². The monoisotopic (exact) mass is 538 g/mol. The summed E-state index contributed by atoms with van der Waals surface area (Å²) in [5.74, 6) is -0.335. The minimum Gasteiger partial charge on any atom is -0.506 e. The number of benzene rings is 3. The first-order chi connectivity index (χ1) is 19.1. The summed E-state index contributed by atoms with van der Waals surface area (Å²) in [4.78, 5) is 14.5. The second-order valence-electron chi connectivity index (χ2n) is 10.4. The van der Waals surface area contributed by atoms with Crippen LogP contribution in [-0.2, 0) is 6.42 Å². The van der Waals surface area contributed by atoms with E-state index in [0.29, 0.717) is 17.2 Å². The number of carbonyl (C=O) groups excluding carboxylic acids is 1. The number of phenols is 2. The fourth-order valence-electron chi connectivity index (χ4n) is 4.43. The number of allylic oxidation sites excluding steroid dienone is 3. The molecule has 5 heteroatoms. The number of nitrogens with zero attached hydrogens (tertiary/aromatic N) is 1. The van der Waals surface area contributed by atoms with Crippen molar-refractivity contribution >= 4 is 22.9 Å². The molecule has 0 saturated carbocycles. The van der Waals surface area contributed by atoms with Gasteiger partial charge >= 0.3 is 0 Å². The quantitative estimate of drug-likeness (QED) is 0.228. The number of aromatic hydroxyl groups is 2. The highest BCUT2D eigenvalue weighted by Gasteiger charge is 2.16. The highest BCUT2D eigenvalue weighted by atomic mass is 16.3. The molecule has 0 heterocycles. The van der Waals surface area contributed by atoms with Gasteiger partial charge in [0.25, 0.3) is 5.91 Å². The number of rotatable bonds is 11. The van der Waals surface area contributed by atoms with Gasteiger partial charge in [0.05, 0.1) is 0 Å². The zero-order valence-corrected chi connectivity index (χ0v) is 24.6. The van der Waals surface area contributed by atoms with E-state index >= 15 is 0 Å². The van der Waals surface area contributed by atoms with E-state index in [0.717, 1.165) is 24.8 Å². The smallest absolute Gasteiger partial charge is 0.255 e. The third-order valence-corrected chi connectivity index (χ3v) is 7.50. The molecule has 0 aliphatic heterocycles. The zero-order chi connectivity index (χ0) is 29.4. The van der Waals surface area contributed by atoms with Crippen LogP contribution in [0.5, 0.6) is 11.5 Å². The molecule has 3 aromatic rings. The minimum absolute atomic E-state index is 0.170. The number of anilines is 2. The largest absolute Gasteiger partial charge is 0.506 e. The van der Waals surface area contributed by atoms with Crippen molar-refractivity contribution in [3.8, 4) is 11.5 Å². The molecular weight excluding hydrogens is 496 g/mol. The average molecular weight is 539 g/mol. The van der Waals surface area contributed by atoms with Gasteiger partial charge in [-0.25, -0.2) is 0 Å². The maximum Gasteiger partial charge on any atom is 0.255 e. The van der Waals surface area contributed by atoms with Crippen molar-refractivity contribution in [2.75, 3.05) is 10.2 Å². The molecule has 0 aliphatic rings. The van der Waals surface area contributed by atoms with Gasteiger partial charge in [-0.2, -0.15) is 0 Å². The molecule has 5 nitrogen and oxygen atoms in total. The highest BCUT2D eigenvalue weighted by Crippen LogP contribution is 2.40. The predicted octanol–water partition coefficient (Wildman–Crippen LogP) is 8.96. The molecule has 0 aliphatic carbocycles. The first-order valence-corrected chi connectivity index (χ1v) is 13.9. The predicted molar refractivity (Wildman–Crippen MR) is 168 cm³/mol. The standard InChI is InChI=1S/C35H42N2O3/c1-8-23(4)17-18-37(10-3)34-32(38)21-30(22-33(34)39)36-35(40)29-15-13-27(14-16-29)19-28-12-11-25(6)31(20-28)26(7)24(5)9-2/h10-18,20-23,38-39H,3,8-9,19H2,1-2,4-7H3,(H,36,40)/b18-17-,26-24-. The van der Waals surface area contributed by atoms with Crippen molar-refractivity contribution in [2.45, 2.75) is 60.8 Å². The highest BCUT2D eigenvalue weighted by molar-refractivity contribution is 6.04. The molecule has 0 spiro atoms. The van der Waals surface area contributed by atoms with Crippen LogP contribution in [0.25, 0.3) is 5.57 Å². The normalized spacial score (nSPS) is 12.7. The van der Waals surface area contributed by atoms with Crippen LogP contribution in [-0.4, -0.2) is 16.1 Å². The summed E-state index contributed by atoms with van der Waals surface area (Å²) >= 11 is 0. The summed E-state index contributed by atoms with van der Waals surface area (Å²) in [6, 6.07) is 16.9. The molecule has 1 amide bonds. The lowest BCUT2D eigenvalue weighted by Crippen LogP contribution is -2.12. The summed E-state index contributed by atoms with van der Waals surface area (Å²) in [5, 5.41) is 24.0. The van der Waals surface area contributed by atoms with Gasteiger partial charge in [-0.15, -0.1) is 0 Å². The van der Waals surface area contributed by atoms with Gasteiger partial charge in [-0.3, -0.25) is 4.79 Å². The van der Waals surface area contributed by atoms with Crippen LogP contribution in [0.2, 0.25) is 0 Å². The fraction of sp³-hybridized carbons (Fsp3) is 0.286. The third-order valence-electron chi connectivity index (χ3n) is 7.50. The molecule has 1 unspecified atom stereocenters. The number of carbonyl (C=O) groups is 1. The topological polar surface area (TPSA) is 72.8 Å². The van der Waals surface area contributed by atoms with E-state index in [2.05, 4.69) is 71.6 Å². The van der Waals surface area contributed by atoms with Crippen molar-refractivity contribution in [1.82, 2.24) is 0 Å². The van der Waals surface area contributed by atoms with Gasteiger partial charge in [0, 0.05) is 35.8 Å². The number of nitrogens with one attached hydrogen (secondary N) is 1.